The Bertz CT molecular complexity index is 508. The van der Waals surface area contributed by atoms with Gasteiger partial charge in [0.05, 0.1) is 9.72 Å². The molecule has 0 aliphatic carbocycles. The van der Waals surface area contributed by atoms with Crippen molar-refractivity contribution in [3.8, 4) is 0 Å². The van der Waals surface area contributed by atoms with Crippen molar-refractivity contribution in [3.63, 3.8) is 0 Å². The lowest BCUT2D eigenvalue weighted by Crippen LogP contribution is -2.28. The van der Waals surface area contributed by atoms with Gasteiger partial charge in [-0.2, -0.15) is 0 Å². The zero-order valence-corrected chi connectivity index (χ0v) is 12.3. The highest BCUT2D eigenvalue weighted by Gasteiger charge is 2.06. The highest BCUT2D eigenvalue weighted by molar-refractivity contribution is 7.22. The van der Waals surface area contributed by atoms with Crippen LogP contribution in [0.4, 0.5) is 5.13 Å². The van der Waals surface area contributed by atoms with Gasteiger partial charge in [-0.1, -0.05) is 42.9 Å². The highest BCUT2D eigenvalue weighted by atomic mass is 35.5. The fraction of sp³-hybridized carbons (Fsp3) is 0.462. The molecule has 0 saturated carbocycles. The van der Waals surface area contributed by atoms with Gasteiger partial charge in [0.1, 0.15) is 5.52 Å². The van der Waals surface area contributed by atoms with E-state index in [0.717, 1.165) is 46.5 Å². The van der Waals surface area contributed by atoms with E-state index in [-0.39, 0.29) is 0 Å². The first-order valence-electron chi connectivity index (χ1n) is 6.25. The van der Waals surface area contributed by atoms with Crippen LogP contribution in [-0.4, -0.2) is 36.1 Å². The predicted octanol–water partition coefficient (Wildman–Crippen LogP) is 3.70. The van der Waals surface area contributed by atoms with Crippen molar-refractivity contribution in [3.05, 3.63) is 23.2 Å². The van der Waals surface area contributed by atoms with Crippen LogP contribution in [0, 0.1) is 0 Å². The molecule has 0 aliphatic rings. The normalized spacial score (nSPS) is 11.3. The standard InChI is InChI=1S/C13H18ClN3S/c1-3-17(4-2)9-8-15-13-16-12-10(14)6-5-7-11(12)18-13/h5-7H,3-4,8-9H2,1-2H3,(H,15,16). The van der Waals surface area contributed by atoms with Crippen LogP contribution in [0.3, 0.4) is 0 Å². The second-order valence-corrected chi connectivity index (χ2v) is 5.50. The smallest absolute Gasteiger partial charge is 0.183 e. The maximum atomic E-state index is 6.11. The molecule has 5 heteroatoms. The van der Waals surface area contributed by atoms with Gasteiger partial charge in [-0.25, -0.2) is 4.98 Å². The molecule has 0 amide bonds. The number of hydrogen-bond donors (Lipinski definition) is 1. The summed E-state index contributed by atoms with van der Waals surface area (Å²) in [6.07, 6.45) is 0. The average Bonchev–Trinajstić information content (AvgIpc) is 2.79. The summed E-state index contributed by atoms with van der Waals surface area (Å²) in [4.78, 5) is 6.90. The minimum atomic E-state index is 0.723. The summed E-state index contributed by atoms with van der Waals surface area (Å²) in [5.74, 6) is 0. The maximum absolute atomic E-state index is 6.11. The first-order chi connectivity index (χ1) is 8.74. The lowest BCUT2D eigenvalue weighted by Gasteiger charge is -2.17. The van der Waals surface area contributed by atoms with E-state index in [1.54, 1.807) is 11.3 Å². The Morgan fingerprint density at radius 3 is 2.78 bits per heavy atom. The van der Waals surface area contributed by atoms with E-state index in [4.69, 9.17) is 11.6 Å². The van der Waals surface area contributed by atoms with E-state index in [1.165, 1.54) is 0 Å². The summed E-state index contributed by atoms with van der Waals surface area (Å²) in [5.41, 5.74) is 0.898. The molecule has 0 spiro atoms. The number of nitrogens with one attached hydrogen (secondary N) is 1. The number of hydrogen-bond acceptors (Lipinski definition) is 4. The van der Waals surface area contributed by atoms with Crippen LogP contribution in [0.1, 0.15) is 13.8 Å². The van der Waals surface area contributed by atoms with Gasteiger partial charge >= 0.3 is 0 Å². The number of aromatic nitrogens is 1. The molecule has 0 aliphatic heterocycles. The third-order valence-electron chi connectivity index (χ3n) is 2.97. The SMILES string of the molecule is CCN(CC)CCNc1nc2c(Cl)cccc2s1. The number of anilines is 1. The van der Waals surface area contributed by atoms with Crippen molar-refractivity contribution in [2.45, 2.75) is 13.8 Å². The van der Waals surface area contributed by atoms with Crippen LogP contribution >= 0.6 is 22.9 Å². The van der Waals surface area contributed by atoms with Gasteiger partial charge in [0.2, 0.25) is 0 Å². The van der Waals surface area contributed by atoms with Gasteiger partial charge in [0, 0.05) is 13.1 Å². The van der Waals surface area contributed by atoms with Crippen molar-refractivity contribution in [2.24, 2.45) is 0 Å². The second kappa shape index (κ2) is 6.36. The molecule has 2 rings (SSSR count). The predicted molar refractivity (Wildman–Crippen MR) is 80.9 cm³/mol. The van der Waals surface area contributed by atoms with Crippen molar-refractivity contribution >= 4 is 38.3 Å². The summed E-state index contributed by atoms with van der Waals surface area (Å²) < 4.78 is 1.13. The summed E-state index contributed by atoms with van der Waals surface area (Å²) >= 11 is 7.76. The molecule has 0 fully saturated rings. The van der Waals surface area contributed by atoms with Crippen LogP contribution in [0.2, 0.25) is 5.02 Å². The number of benzene rings is 1. The van der Waals surface area contributed by atoms with Gasteiger partial charge < -0.3 is 10.2 Å². The molecule has 1 aromatic heterocycles. The molecule has 0 unspecified atom stereocenters. The van der Waals surface area contributed by atoms with E-state index >= 15 is 0 Å². The van der Waals surface area contributed by atoms with Crippen molar-refractivity contribution in [2.75, 3.05) is 31.5 Å². The number of halogens is 1. The molecule has 1 N–H and O–H groups in total. The van der Waals surface area contributed by atoms with Crippen molar-refractivity contribution < 1.29 is 0 Å². The van der Waals surface area contributed by atoms with Crippen LogP contribution in [0.25, 0.3) is 10.2 Å². The van der Waals surface area contributed by atoms with Gasteiger partial charge in [-0.15, -0.1) is 0 Å². The lowest BCUT2D eigenvalue weighted by atomic mass is 10.3. The minimum absolute atomic E-state index is 0.723. The lowest BCUT2D eigenvalue weighted by molar-refractivity contribution is 0.316. The molecular weight excluding hydrogens is 266 g/mol. The second-order valence-electron chi connectivity index (χ2n) is 4.06. The summed E-state index contributed by atoms with van der Waals surface area (Å²) in [6, 6.07) is 5.89. The topological polar surface area (TPSA) is 28.2 Å². The Labute approximate surface area is 117 Å². The van der Waals surface area contributed by atoms with Crippen LogP contribution < -0.4 is 5.32 Å². The number of para-hydroxylation sites is 1. The monoisotopic (exact) mass is 283 g/mol. The molecule has 0 atom stereocenters. The number of likely N-dealkylation sites (N-methyl/N-ethyl adjacent to an activating group) is 1. The zero-order chi connectivity index (χ0) is 13.0. The van der Waals surface area contributed by atoms with E-state index in [2.05, 4.69) is 35.1 Å². The van der Waals surface area contributed by atoms with Crippen molar-refractivity contribution in [1.29, 1.82) is 0 Å². The first-order valence-corrected chi connectivity index (χ1v) is 7.45. The third-order valence-corrected chi connectivity index (χ3v) is 4.25. The van der Waals surface area contributed by atoms with Gasteiger partial charge in [-0.3, -0.25) is 0 Å². The fourth-order valence-corrected chi connectivity index (χ4v) is 3.04. The average molecular weight is 284 g/mol. The zero-order valence-electron chi connectivity index (χ0n) is 10.7. The maximum Gasteiger partial charge on any atom is 0.183 e. The molecule has 18 heavy (non-hydrogen) atoms. The van der Waals surface area contributed by atoms with E-state index in [9.17, 15) is 0 Å². The van der Waals surface area contributed by atoms with Gasteiger partial charge in [0.25, 0.3) is 0 Å². The molecular formula is C13H18ClN3S. The van der Waals surface area contributed by atoms with Crippen LogP contribution in [0.15, 0.2) is 18.2 Å². The number of rotatable bonds is 6. The van der Waals surface area contributed by atoms with Crippen LogP contribution in [-0.2, 0) is 0 Å². The summed E-state index contributed by atoms with van der Waals surface area (Å²) in [5, 5.41) is 5.04. The van der Waals surface area contributed by atoms with Crippen molar-refractivity contribution in [1.82, 2.24) is 9.88 Å². The Hall–Kier alpha value is -0.840. The third kappa shape index (κ3) is 3.13. The molecule has 1 aromatic carbocycles. The minimum Gasteiger partial charge on any atom is -0.360 e. The Kier molecular flexibility index (Phi) is 4.80. The molecule has 0 radical (unpaired) electrons. The molecule has 0 saturated heterocycles. The molecule has 98 valence electrons. The molecule has 3 nitrogen and oxygen atoms in total. The molecule has 1 heterocycles. The Balaban J connectivity index is 1.98. The van der Waals surface area contributed by atoms with E-state index in [0.29, 0.717) is 0 Å². The summed E-state index contributed by atoms with van der Waals surface area (Å²) in [6.45, 7) is 8.49. The number of thiazole rings is 1. The Morgan fingerprint density at radius 2 is 2.11 bits per heavy atom. The van der Waals surface area contributed by atoms with E-state index < -0.39 is 0 Å². The van der Waals surface area contributed by atoms with Gasteiger partial charge in [-0.05, 0) is 25.2 Å². The number of fused-ring (bicyclic) bond motifs is 1. The number of nitrogens with zero attached hydrogens (tertiary/aromatic N) is 2. The van der Waals surface area contributed by atoms with Crippen LogP contribution in [0.5, 0.6) is 0 Å². The van der Waals surface area contributed by atoms with Gasteiger partial charge in [0.15, 0.2) is 5.13 Å². The molecule has 2 aromatic rings. The summed E-state index contributed by atoms with van der Waals surface area (Å²) in [7, 11) is 0. The van der Waals surface area contributed by atoms with E-state index in [1.807, 2.05) is 12.1 Å². The first kappa shape index (κ1) is 13.6. The highest BCUT2D eigenvalue weighted by Crippen LogP contribution is 2.30. The Morgan fingerprint density at radius 1 is 1.33 bits per heavy atom. The largest absolute Gasteiger partial charge is 0.360 e. The fourth-order valence-electron chi connectivity index (χ4n) is 1.85. The molecule has 0 bridgehead atoms. The quantitative estimate of drug-likeness (QED) is 0.876.